The first kappa shape index (κ1) is 21.9. The molecule has 1 aromatic heterocycles. The fraction of sp³-hybridized carbons (Fsp3) is 0.130. The van der Waals surface area contributed by atoms with E-state index in [1.54, 1.807) is 18.2 Å². The number of aromatic nitrogens is 1. The first-order valence-corrected chi connectivity index (χ1v) is 10.9. The van der Waals surface area contributed by atoms with E-state index in [-0.39, 0.29) is 11.6 Å². The lowest BCUT2D eigenvalue weighted by Gasteiger charge is -2.09. The summed E-state index contributed by atoms with van der Waals surface area (Å²) in [6.45, 7) is 5.78. The number of carbonyl (C=O) groups excluding carboxylic acids is 1. The number of non-ortho nitro benzene ring substituents is 1. The van der Waals surface area contributed by atoms with Gasteiger partial charge in [0.1, 0.15) is 0 Å². The fourth-order valence-corrected chi connectivity index (χ4v) is 4.50. The van der Waals surface area contributed by atoms with Crippen molar-refractivity contribution in [1.82, 2.24) is 9.88 Å². The summed E-state index contributed by atoms with van der Waals surface area (Å²) in [6.07, 6.45) is 1.83. The molecule has 4 rings (SSSR count). The number of nitro groups is 1. The van der Waals surface area contributed by atoms with Gasteiger partial charge in [0.15, 0.2) is 5.17 Å². The predicted octanol–water partition coefficient (Wildman–Crippen LogP) is 5.86. The van der Waals surface area contributed by atoms with E-state index in [2.05, 4.69) is 10.3 Å². The summed E-state index contributed by atoms with van der Waals surface area (Å²) in [5, 5.41) is 14.8. The van der Waals surface area contributed by atoms with Crippen LogP contribution in [0.2, 0.25) is 5.02 Å². The summed E-state index contributed by atoms with van der Waals surface area (Å²) in [5.41, 5.74) is 5.18. The summed E-state index contributed by atoms with van der Waals surface area (Å²) in [6, 6.07) is 13.8. The van der Waals surface area contributed by atoms with E-state index in [0.717, 1.165) is 28.2 Å². The zero-order valence-corrected chi connectivity index (χ0v) is 19.1. The molecule has 1 amide bonds. The average Bonchev–Trinajstić information content (AvgIpc) is 3.23. The molecule has 2 aromatic carbocycles. The van der Waals surface area contributed by atoms with E-state index in [0.29, 0.717) is 20.8 Å². The van der Waals surface area contributed by atoms with Crippen molar-refractivity contribution in [1.29, 1.82) is 0 Å². The minimum Gasteiger partial charge on any atom is -0.318 e. The van der Waals surface area contributed by atoms with Crippen LogP contribution in [0.1, 0.15) is 22.5 Å². The molecular weight excluding hydrogens is 448 g/mol. The lowest BCUT2D eigenvalue weighted by molar-refractivity contribution is -0.384. The number of benzene rings is 2. The number of nitro benzene ring substituents is 1. The Hall–Kier alpha value is -3.36. The largest absolute Gasteiger partial charge is 0.318 e. The molecule has 1 aliphatic rings. The molecule has 0 unspecified atom stereocenters. The summed E-state index contributed by atoms with van der Waals surface area (Å²) >= 11 is 7.43. The summed E-state index contributed by atoms with van der Waals surface area (Å²) < 4.78 is 2.00. The van der Waals surface area contributed by atoms with Crippen LogP contribution in [-0.4, -0.2) is 20.6 Å². The molecule has 2 heterocycles. The molecule has 32 heavy (non-hydrogen) atoms. The van der Waals surface area contributed by atoms with Gasteiger partial charge in [-0.15, -0.1) is 0 Å². The number of aliphatic imine (C=N–C) groups is 1. The van der Waals surface area contributed by atoms with Crippen molar-refractivity contribution in [2.75, 3.05) is 0 Å². The summed E-state index contributed by atoms with van der Waals surface area (Å²) in [4.78, 5) is 28.1. The molecule has 1 aliphatic heterocycles. The minimum atomic E-state index is -0.422. The van der Waals surface area contributed by atoms with Crippen LogP contribution in [0.3, 0.4) is 0 Å². The number of halogens is 1. The van der Waals surface area contributed by atoms with Gasteiger partial charge in [0.2, 0.25) is 0 Å². The quantitative estimate of drug-likeness (QED) is 0.296. The fourth-order valence-electron chi connectivity index (χ4n) is 3.50. The molecule has 0 aliphatic carbocycles. The van der Waals surface area contributed by atoms with Gasteiger partial charge >= 0.3 is 0 Å². The van der Waals surface area contributed by atoms with Crippen LogP contribution in [0, 0.1) is 30.9 Å². The van der Waals surface area contributed by atoms with Crippen molar-refractivity contribution in [3.8, 4) is 5.69 Å². The Labute approximate surface area is 194 Å². The molecule has 1 fully saturated rings. The molecule has 0 saturated carbocycles. The van der Waals surface area contributed by atoms with Crippen LogP contribution in [0.5, 0.6) is 0 Å². The van der Waals surface area contributed by atoms with Crippen LogP contribution in [0.15, 0.2) is 58.4 Å². The van der Waals surface area contributed by atoms with Gasteiger partial charge in [0.05, 0.1) is 15.5 Å². The van der Waals surface area contributed by atoms with Crippen molar-refractivity contribution in [3.63, 3.8) is 0 Å². The standard InChI is InChI=1S/C23H19ClN4O3S/c1-13-11-16(15(3)27(13)17-7-9-18(10-8-17)28(30)31)12-21-22(29)26-23(32-21)25-20-6-4-5-19(24)14(20)2/h4-12H,1-3H3,(H,25,26,29)/b21-12-. The number of nitrogens with zero attached hydrogens (tertiary/aromatic N) is 3. The van der Waals surface area contributed by atoms with Gasteiger partial charge in [-0.3, -0.25) is 14.9 Å². The van der Waals surface area contributed by atoms with Crippen LogP contribution >= 0.6 is 23.4 Å². The number of carbonyl (C=O) groups is 1. The smallest absolute Gasteiger partial charge is 0.269 e. The molecule has 162 valence electrons. The lowest BCUT2D eigenvalue weighted by atomic mass is 10.2. The molecule has 7 nitrogen and oxygen atoms in total. The van der Waals surface area contributed by atoms with Gasteiger partial charge in [0.25, 0.3) is 11.6 Å². The van der Waals surface area contributed by atoms with E-state index in [4.69, 9.17) is 11.6 Å². The Bertz CT molecular complexity index is 1310. The van der Waals surface area contributed by atoms with E-state index >= 15 is 0 Å². The molecule has 1 saturated heterocycles. The highest BCUT2D eigenvalue weighted by Gasteiger charge is 2.25. The van der Waals surface area contributed by atoms with Crippen LogP contribution < -0.4 is 5.32 Å². The summed E-state index contributed by atoms with van der Waals surface area (Å²) in [5.74, 6) is -0.214. The number of nitrogens with one attached hydrogen (secondary N) is 1. The van der Waals surface area contributed by atoms with Crippen molar-refractivity contribution >= 4 is 51.9 Å². The van der Waals surface area contributed by atoms with Crippen LogP contribution in [-0.2, 0) is 4.79 Å². The number of thioether (sulfide) groups is 1. The highest BCUT2D eigenvalue weighted by Crippen LogP contribution is 2.32. The average molecular weight is 467 g/mol. The van der Waals surface area contributed by atoms with Gasteiger partial charge in [0, 0.05) is 34.2 Å². The Kier molecular flexibility index (Phi) is 5.90. The zero-order valence-electron chi connectivity index (χ0n) is 17.5. The van der Waals surface area contributed by atoms with Gasteiger partial charge in [-0.25, -0.2) is 4.99 Å². The van der Waals surface area contributed by atoms with Gasteiger partial charge in [-0.2, -0.15) is 0 Å². The second-order valence-corrected chi connectivity index (χ2v) is 8.74. The third-order valence-corrected chi connectivity index (χ3v) is 6.51. The molecule has 0 bridgehead atoms. The van der Waals surface area contributed by atoms with Gasteiger partial charge in [-0.05, 0) is 80.1 Å². The predicted molar refractivity (Wildman–Crippen MR) is 129 cm³/mol. The lowest BCUT2D eigenvalue weighted by Crippen LogP contribution is -2.19. The number of rotatable bonds is 4. The molecule has 0 atom stereocenters. The minimum absolute atomic E-state index is 0.0411. The second-order valence-electron chi connectivity index (χ2n) is 7.30. The Morgan fingerprint density at radius 1 is 1.16 bits per heavy atom. The van der Waals surface area contributed by atoms with Crippen molar-refractivity contribution in [3.05, 3.63) is 91.1 Å². The third-order valence-electron chi connectivity index (χ3n) is 5.19. The van der Waals surface area contributed by atoms with Gasteiger partial charge in [-0.1, -0.05) is 17.7 Å². The first-order valence-electron chi connectivity index (χ1n) is 9.73. The van der Waals surface area contributed by atoms with E-state index in [1.165, 1.54) is 23.9 Å². The van der Waals surface area contributed by atoms with E-state index in [1.807, 2.05) is 49.6 Å². The van der Waals surface area contributed by atoms with Crippen molar-refractivity contribution in [2.24, 2.45) is 4.99 Å². The summed E-state index contributed by atoms with van der Waals surface area (Å²) in [7, 11) is 0. The molecule has 0 spiro atoms. The van der Waals surface area contributed by atoms with E-state index < -0.39 is 4.92 Å². The molecule has 9 heteroatoms. The zero-order chi connectivity index (χ0) is 23.0. The van der Waals surface area contributed by atoms with Crippen LogP contribution in [0.25, 0.3) is 11.8 Å². The highest BCUT2D eigenvalue weighted by atomic mass is 35.5. The maximum Gasteiger partial charge on any atom is 0.269 e. The third kappa shape index (κ3) is 4.19. The number of hydrogen-bond donors (Lipinski definition) is 1. The first-order chi connectivity index (χ1) is 15.2. The molecule has 3 aromatic rings. The Balaban J connectivity index is 1.64. The number of amidine groups is 1. The molecule has 1 N–H and O–H groups in total. The van der Waals surface area contributed by atoms with Crippen LogP contribution in [0.4, 0.5) is 11.4 Å². The van der Waals surface area contributed by atoms with Gasteiger partial charge < -0.3 is 9.88 Å². The topological polar surface area (TPSA) is 89.5 Å². The molecule has 0 radical (unpaired) electrons. The Morgan fingerprint density at radius 2 is 1.88 bits per heavy atom. The Morgan fingerprint density at radius 3 is 2.56 bits per heavy atom. The second kappa shape index (κ2) is 8.64. The van der Waals surface area contributed by atoms with Crippen molar-refractivity contribution < 1.29 is 9.72 Å². The number of amides is 1. The number of aryl methyl sites for hydroxylation is 1. The monoisotopic (exact) mass is 466 g/mol. The highest BCUT2D eigenvalue weighted by molar-refractivity contribution is 8.18. The maximum absolute atomic E-state index is 12.5. The van der Waals surface area contributed by atoms with E-state index in [9.17, 15) is 14.9 Å². The molecular formula is C23H19ClN4O3S. The SMILES string of the molecule is Cc1c(Cl)cccc1N=C1NC(=O)/C(=C/c2cc(C)n(-c3ccc([N+](=O)[O-])cc3)c2C)S1. The number of hydrogen-bond acceptors (Lipinski definition) is 5. The maximum atomic E-state index is 12.5. The normalized spacial score (nSPS) is 16.1. The van der Waals surface area contributed by atoms with Crippen molar-refractivity contribution in [2.45, 2.75) is 20.8 Å².